The maximum absolute atomic E-state index is 4.22. The summed E-state index contributed by atoms with van der Waals surface area (Å²) in [5.41, 5.74) is 0. The smallest absolute Gasteiger partial charge is 0.129 e. The monoisotopic (exact) mass is 278 g/mol. The van der Waals surface area contributed by atoms with Gasteiger partial charge in [0, 0.05) is 12.6 Å². The molecule has 0 aliphatic rings. The summed E-state index contributed by atoms with van der Waals surface area (Å²) in [5, 5.41) is 0. The maximum atomic E-state index is 4.22. The van der Waals surface area contributed by atoms with Crippen molar-refractivity contribution in [3.8, 4) is 0 Å². The van der Waals surface area contributed by atoms with Gasteiger partial charge in [0.05, 0.1) is 4.47 Å². The molecule has 0 aromatic carbocycles. The third kappa shape index (κ3) is 2.52. The Morgan fingerprint density at radius 1 is 1.45 bits per heavy atom. The van der Waals surface area contributed by atoms with E-state index in [9.17, 15) is 0 Å². The SMILES string of the molecule is CCCc1ncc(Br)c(Br)n1. The van der Waals surface area contributed by atoms with Crippen LogP contribution in [0.15, 0.2) is 15.3 Å². The van der Waals surface area contributed by atoms with Gasteiger partial charge in [0.15, 0.2) is 0 Å². The Hall–Kier alpha value is 0.0400. The topological polar surface area (TPSA) is 25.8 Å². The van der Waals surface area contributed by atoms with E-state index in [-0.39, 0.29) is 0 Å². The zero-order valence-electron chi connectivity index (χ0n) is 6.14. The zero-order valence-corrected chi connectivity index (χ0v) is 9.31. The molecule has 0 bridgehead atoms. The van der Waals surface area contributed by atoms with Gasteiger partial charge in [0.1, 0.15) is 10.4 Å². The fourth-order valence-corrected chi connectivity index (χ4v) is 1.22. The summed E-state index contributed by atoms with van der Waals surface area (Å²) in [4.78, 5) is 8.36. The number of hydrogen-bond donors (Lipinski definition) is 0. The first kappa shape index (κ1) is 9.13. The van der Waals surface area contributed by atoms with Crippen LogP contribution in [-0.4, -0.2) is 9.97 Å². The number of hydrogen-bond acceptors (Lipinski definition) is 2. The van der Waals surface area contributed by atoms with Crippen LogP contribution in [0, 0.1) is 0 Å². The molecule has 0 amide bonds. The third-order valence-corrected chi connectivity index (χ3v) is 2.94. The second-order valence-corrected chi connectivity index (χ2v) is 3.78. The number of nitrogens with zero attached hydrogens (tertiary/aromatic N) is 2. The van der Waals surface area contributed by atoms with Crippen molar-refractivity contribution in [3.63, 3.8) is 0 Å². The van der Waals surface area contributed by atoms with E-state index in [0.717, 1.165) is 27.7 Å². The van der Waals surface area contributed by atoms with Crippen LogP contribution in [0.4, 0.5) is 0 Å². The van der Waals surface area contributed by atoms with E-state index in [4.69, 9.17) is 0 Å². The lowest BCUT2D eigenvalue weighted by atomic mass is 10.3. The highest BCUT2D eigenvalue weighted by Gasteiger charge is 1.99. The molecule has 1 aromatic rings. The summed E-state index contributed by atoms with van der Waals surface area (Å²) in [7, 11) is 0. The van der Waals surface area contributed by atoms with Gasteiger partial charge in [-0.1, -0.05) is 6.92 Å². The fraction of sp³-hybridized carbons (Fsp3) is 0.429. The largest absolute Gasteiger partial charge is 0.240 e. The van der Waals surface area contributed by atoms with E-state index < -0.39 is 0 Å². The molecule has 60 valence electrons. The lowest BCUT2D eigenvalue weighted by Crippen LogP contribution is -1.94. The van der Waals surface area contributed by atoms with E-state index in [0.29, 0.717) is 0 Å². The van der Waals surface area contributed by atoms with Gasteiger partial charge in [-0.25, -0.2) is 9.97 Å². The zero-order chi connectivity index (χ0) is 8.27. The van der Waals surface area contributed by atoms with Crippen LogP contribution in [0.25, 0.3) is 0 Å². The van der Waals surface area contributed by atoms with Crippen molar-refractivity contribution in [3.05, 3.63) is 21.1 Å². The predicted octanol–water partition coefficient (Wildman–Crippen LogP) is 2.95. The van der Waals surface area contributed by atoms with E-state index >= 15 is 0 Å². The first-order valence-electron chi connectivity index (χ1n) is 3.41. The van der Waals surface area contributed by atoms with Crippen molar-refractivity contribution < 1.29 is 0 Å². The summed E-state index contributed by atoms with van der Waals surface area (Å²) in [6, 6.07) is 0. The molecule has 0 saturated heterocycles. The van der Waals surface area contributed by atoms with Crippen molar-refractivity contribution in [1.29, 1.82) is 0 Å². The molecule has 1 heterocycles. The highest BCUT2D eigenvalue weighted by molar-refractivity contribution is 9.13. The molecule has 11 heavy (non-hydrogen) atoms. The molecule has 1 aromatic heterocycles. The Morgan fingerprint density at radius 2 is 2.18 bits per heavy atom. The van der Waals surface area contributed by atoms with Gasteiger partial charge >= 0.3 is 0 Å². The third-order valence-electron chi connectivity index (χ3n) is 1.22. The van der Waals surface area contributed by atoms with Crippen LogP contribution in [0.5, 0.6) is 0 Å². The van der Waals surface area contributed by atoms with Crippen molar-refractivity contribution >= 4 is 31.9 Å². The number of aryl methyl sites for hydroxylation is 1. The minimum Gasteiger partial charge on any atom is -0.240 e. The molecule has 2 nitrogen and oxygen atoms in total. The Kier molecular flexibility index (Phi) is 3.45. The van der Waals surface area contributed by atoms with Crippen LogP contribution in [0.3, 0.4) is 0 Å². The maximum Gasteiger partial charge on any atom is 0.129 e. The number of aromatic nitrogens is 2. The highest BCUT2D eigenvalue weighted by Crippen LogP contribution is 2.18. The Labute approximate surface area is 82.7 Å². The molecule has 0 saturated carbocycles. The van der Waals surface area contributed by atoms with E-state index in [1.807, 2.05) is 0 Å². The molecule has 0 N–H and O–H groups in total. The molecule has 0 unspecified atom stereocenters. The minimum atomic E-state index is 0.830. The molecule has 0 aliphatic carbocycles. The van der Waals surface area contributed by atoms with Gasteiger partial charge < -0.3 is 0 Å². The second-order valence-electron chi connectivity index (χ2n) is 2.17. The molecular formula is C7H8Br2N2. The second kappa shape index (κ2) is 4.16. The summed E-state index contributed by atoms with van der Waals surface area (Å²) in [5.74, 6) is 0.891. The van der Waals surface area contributed by atoms with Gasteiger partial charge in [-0.05, 0) is 38.3 Å². The highest BCUT2D eigenvalue weighted by atomic mass is 79.9. The summed E-state index contributed by atoms with van der Waals surface area (Å²) >= 11 is 6.63. The van der Waals surface area contributed by atoms with Crippen LogP contribution < -0.4 is 0 Å². The molecule has 0 spiro atoms. The van der Waals surface area contributed by atoms with Crippen LogP contribution in [-0.2, 0) is 6.42 Å². The van der Waals surface area contributed by atoms with Gasteiger partial charge in [-0.2, -0.15) is 0 Å². The van der Waals surface area contributed by atoms with Gasteiger partial charge in [0.25, 0.3) is 0 Å². The van der Waals surface area contributed by atoms with E-state index in [1.165, 1.54) is 0 Å². The lowest BCUT2D eigenvalue weighted by Gasteiger charge is -1.98. The summed E-state index contributed by atoms with van der Waals surface area (Å²) in [6.07, 6.45) is 3.78. The van der Waals surface area contributed by atoms with Crippen LogP contribution >= 0.6 is 31.9 Å². The van der Waals surface area contributed by atoms with Crippen molar-refractivity contribution in [2.75, 3.05) is 0 Å². The van der Waals surface area contributed by atoms with Gasteiger partial charge in [-0.15, -0.1) is 0 Å². The average Bonchev–Trinajstić information content (AvgIpc) is 1.98. The van der Waals surface area contributed by atoms with Crippen molar-refractivity contribution in [2.45, 2.75) is 19.8 Å². The molecule has 4 heteroatoms. The van der Waals surface area contributed by atoms with Crippen LogP contribution in [0.1, 0.15) is 19.2 Å². The van der Waals surface area contributed by atoms with Gasteiger partial charge in [0.2, 0.25) is 0 Å². The molecule has 0 atom stereocenters. The van der Waals surface area contributed by atoms with Crippen molar-refractivity contribution in [2.24, 2.45) is 0 Å². The number of halogens is 2. The average molecular weight is 280 g/mol. The Morgan fingerprint density at radius 3 is 2.73 bits per heavy atom. The standard InChI is InChI=1S/C7H8Br2N2/c1-2-3-6-10-4-5(8)7(9)11-6/h4H,2-3H2,1H3. The normalized spacial score (nSPS) is 10.1. The van der Waals surface area contributed by atoms with E-state index in [2.05, 4.69) is 48.8 Å². The molecular weight excluding hydrogens is 272 g/mol. The minimum absolute atomic E-state index is 0.830. The van der Waals surface area contributed by atoms with Gasteiger partial charge in [-0.3, -0.25) is 0 Å². The summed E-state index contributed by atoms with van der Waals surface area (Å²) in [6.45, 7) is 2.11. The molecule has 1 rings (SSSR count). The molecule has 0 aliphatic heterocycles. The molecule has 0 radical (unpaired) electrons. The first-order valence-corrected chi connectivity index (χ1v) is 4.99. The Bertz CT molecular complexity index is 250. The fourth-order valence-electron chi connectivity index (χ4n) is 0.724. The molecule has 0 fully saturated rings. The first-order chi connectivity index (χ1) is 5.24. The number of rotatable bonds is 2. The predicted molar refractivity (Wildman–Crippen MR) is 51.4 cm³/mol. The summed E-state index contributed by atoms with van der Waals surface area (Å²) < 4.78 is 1.73. The Balaban J connectivity index is 2.86. The van der Waals surface area contributed by atoms with Crippen molar-refractivity contribution in [1.82, 2.24) is 9.97 Å². The lowest BCUT2D eigenvalue weighted by molar-refractivity contribution is 0.826. The van der Waals surface area contributed by atoms with E-state index in [1.54, 1.807) is 6.20 Å². The van der Waals surface area contributed by atoms with Crippen LogP contribution in [0.2, 0.25) is 0 Å². The quantitative estimate of drug-likeness (QED) is 0.778.